The second kappa shape index (κ2) is 8.03. The molecular weight excluding hydrogens is 362 g/mol. The maximum Gasteiger partial charge on any atom is 0.200 e. The minimum Gasteiger partial charge on any atom is -0.491 e. The lowest BCUT2D eigenvalue weighted by Gasteiger charge is -2.11. The molecule has 4 rings (SSSR count). The number of nitriles is 1. The predicted octanol–water partition coefficient (Wildman–Crippen LogP) is 4.45. The van der Waals surface area contributed by atoms with E-state index in [9.17, 15) is 5.26 Å². The van der Waals surface area contributed by atoms with Crippen LogP contribution in [0.25, 0.3) is 16.8 Å². The highest BCUT2D eigenvalue weighted by molar-refractivity contribution is 5.70. The Hall–Kier alpha value is -3.85. The first kappa shape index (κ1) is 18.5. The van der Waals surface area contributed by atoms with Crippen molar-refractivity contribution < 1.29 is 4.74 Å². The molecule has 0 aliphatic carbocycles. The number of aromatic nitrogens is 3. The number of ether oxygens (including phenoxy) is 1. The van der Waals surface area contributed by atoms with E-state index < -0.39 is 0 Å². The highest BCUT2D eigenvalue weighted by Crippen LogP contribution is 2.25. The van der Waals surface area contributed by atoms with E-state index in [0.29, 0.717) is 23.5 Å². The van der Waals surface area contributed by atoms with Crippen LogP contribution < -0.4 is 10.1 Å². The fourth-order valence-electron chi connectivity index (χ4n) is 3.27. The molecule has 0 aliphatic heterocycles. The lowest BCUT2D eigenvalue weighted by molar-refractivity contribution is 0.418. The Morgan fingerprint density at radius 1 is 1.14 bits per heavy atom. The summed E-state index contributed by atoms with van der Waals surface area (Å²) in [5, 5.41) is 17.1. The number of aryl methyl sites for hydroxylation is 1. The number of hydrogen-bond acceptors (Lipinski definition) is 5. The molecule has 0 bridgehead atoms. The van der Waals surface area contributed by atoms with Crippen LogP contribution in [0.4, 0.5) is 5.82 Å². The smallest absolute Gasteiger partial charge is 0.200 e. The van der Waals surface area contributed by atoms with Gasteiger partial charge in [-0.1, -0.05) is 49.4 Å². The molecule has 0 atom stereocenters. The van der Waals surface area contributed by atoms with Gasteiger partial charge in [-0.2, -0.15) is 14.9 Å². The van der Waals surface area contributed by atoms with E-state index in [1.807, 2.05) is 42.5 Å². The third-order valence-electron chi connectivity index (χ3n) is 4.86. The Morgan fingerprint density at radius 2 is 1.93 bits per heavy atom. The van der Waals surface area contributed by atoms with Gasteiger partial charge in [0.2, 0.25) is 0 Å². The number of nitrogens with one attached hydrogen (secondary N) is 1. The quantitative estimate of drug-likeness (QED) is 0.532. The molecule has 2 aromatic carbocycles. The van der Waals surface area contributed by atoms with E-state index in [-0.39, 0.29) is 0 Å². The average Bonchev–Trinajstić information content (AvgIpc) is 3.20. The summed E-state index contributed by atoms with van der Waals surface area (Å²) in [6.07, 6.45) is 2.50. The molecular formula is C23H21N5O. The van der Waals surface area contributed by atoms with Crippen LogP contribution in [0.3, 0.4) is 0 Å². The minimum atomic E-state index is 0.643. The van der Waals surface area contributed by atoms with Crippen molar-refractivity contribution in [3.05, 3.63) is 77.6 Å². The molecule has 0 saturated carbocycles. The molecule has 29 heavy (non-hydrogen) atoms. The average molecular weight is 383 g/mol. The normalized spacial score (nSPS) is 10.7. The van der Waals surface area contributed by atoms with Gasteiger partial charge in [0.25, 0.3) is 0 Å². The topological polar surface area (TPSA) is 75.2 Å². The number of fused-ring (bicyclic) bond motifs is 1. The van der Waals surface area contributed by atoms with Gasteiger partial charge < -0.3 is 10.1 Å². The van der Waals surface area contributed by atoms with E-state index in [4.69, 9.17) is 4.74 Å². The molecule has 2 heterocycles. The zero-order chi connectivity index (χ0) is 20.2. The first-order chi connectivity index (χ1) is 14.2. The molecule has 1 N–H and O–H groups in total. The highest BCUT2D eigenvalue weighted by Gasteiger charge is 2.11. The van der Waals surface area contributed by atoms with Crippen molar-refractivity contribution in [2.75, 3.05) is 12.4 Å². The zero-order valence-electron chi connectivity index (χ0n) is 16.4. The number of rotatable bonds is 6. The Balaban J connectivity index is 1.57. The van der Waals surface area contributed by atoms with Crippen LogP contribution in [0.2, 0.25) is 0 Å². The predicted molar refractivity (Wildman–Crippen MR) is 113 cm³/mol. The molecule has 0 fully saturated rings. The van der Waals surface area contributed by atoms with Gasteiger partial charge in [0.15, 0.2) is 11.4 Å². The molecule has 0 spiro atoms. The number of nitrogens with zero attached hydrogens (tertiary/aromatic N) is 4. The Kier molecular flexibility index (Phi) is 5.12. The molecule has 0 unspecified atom stereocenters. The van der Waals surface area contributed by atoms with Crippen LogP contribution in [0.15, 0.2) is 60.8 Å². The summed E-state index contributed by atoms with van der Waals surface area (Å²) in [4.78, 5) is 4.61. The van der Waals surface area contributed by atoms with E-state index in [2.05, 4.69) is 40.5 Å². The van der Waals surface area contributed by atoms with Gasteiger partial charge in [-0.25, -0.2) is 4.98 Å². The van der Waals surface area contributed by atoms with Gasteiger partial charge in [0.1, 0.15) is 5.82 Å². The summed E-state index contributed by atoms with van der Waals surface area (Å²) < 4.78 is 7.12. The van der Waals surface area contributed by atoms with E-state index in [1.54, 1.807) is 17.8 Å². The summed E-state index contributed by atoms with van der Waals surface area (Å²) >= 11 is 0. The lowest BCUT2D eigenvalue weighted by atomic mass is 9.99. The van der Waals surface area contributed by atoms with Crippen LogP contribution in [-0.2, 0) is 13.0 Å². The molecule has 6 nitrogen and oxygen atoms in total. The molecule has 144 valence electrons. The van der Waals surface area contributed by atoms with Gasteiger partial charge in [0, 0.05) is 18.3 Å². The van der Waals surface area contributed by atoms with Gasteiger partial charge in [-0.15, -0.1) is 0 Å². The number of hydrogen-bond donors (Lipinski definition) is 1. The van der Waals surface area contributed by atoms with Gasteiger partial charge in [0.05, 0.1) is 24.9 Å². The van der Waals surface area contributed by atoms with E-state index in [1.165, 1.54) is 0 Å². The number of methoxy groups -OCH3 is 1. The fourth-order valence-corrected chi connectivity index (χ4v) is 3.27. The van der Waals surface area contributed by atoms with Crippen LogP contribution in [-0.4, -0.2) is 21.7 Å². The Labute approximate surface area is 169 Å². The van der Waals surface area contributed by atoms with E-state index >= 15 is 0 Å². The third-order valence-corrected chi connectivity index (χ3v) is 4.86. The van der Waals surface area contributed by atoms with Crippen molar-refractivity contribution in [2.24, 2.45) is 0 Å². The van der Waals surface area contributed by atoms with Crippen molar-refractivity contribution in [3.8, 4) is 22.9 Å². The van der Waals surface area contributed by atoms with Gasteiger partial charge in [-0.3, -0.25) is 0 Å². The molecule has 6 heteroatoms. The second-order valence-corrected chi connectivity index (χ2v) is 6.64. The standard InChI is InChI=1S/C23H21N5O/c1-3-19-12-22(28-23(27-19)21(29-2)15-26-28)25-14-16-8-10-17(11-9-16)20-7-5-4-6-18(20)13-24/h4-12,15,25H,3,14H2,1-2H3. The lowest BCUT2D eigenvalue weighted by Crippen LogP contribution is -2.07. The minimum absolute atomic E-state index is 0.643. The van der Waals surface area contributed by atoms with Gasteiger partial charge in [-0.05, 0) is 29.2 Å². The SMILES string of the molecule is CCc1cc(NCc2ccc(-c3ccccc3C#N)cc2)n2ncc(OC)c2n1. The Bertz CT molecular complexity index is 1190. The van der Waals surface area contributed by atoms with Crippen molar-refractivity contribution in [1.82, 2.24) is 14.6 Å². The van der Waals surface area contributed by atoms with Crippen LogP contribution >= 0.6 is 0 Å². The van der Waals surface area contributed by atoms with Crippen LogP contribution in [0.1, 0.15) is 23.7 Å². The molecule has 0 radical (unpaired) electrons. The van der Waals surface area contributed by atoms with E-state index in [0.717, 1.165) is 34.6 Å². The maximum atomic E-state index is 9.31. The fraction of sp³-hybridized carbons (Fsp3) is 0.174. The monoisotopic (exact) mass is 383 g/mol. The Morgan fingerprint density at radius 3 is 2.66 bits per heavy atom. The first-order valence-corrected chi connectivity index (χ1v) is 9.47. The second-order valence-electron chi connectivity index (χ2n) is 6.64. The summed E-state index contributed by atoms with van der Waals surface area (Å²) in [7, 11) is 1.62. The maximum absolute atomic E-state index is 9.31. The summed E-state index contributed by atoms with van der Waals surface area (Å²) in [6.45, 7) is 2.72. The largest absolute Gasteiger partial charge is 0.491 e. The number of benzene rings is 2. The van der Waals surface area contributed by atoms with Crippen LogP contribution in [0.5, 0.6) is 5.75 Å². The zero-order valence-corrected chi connectivity index (χ0v) is 16.4. The molecule has 0 saturated heterocycles. The highest BCUT2D eigenvalue weighted by atomic mass is 16.5. The van der Waals surface area contributed by atoms with Crippen molar-refractivity contribution in [2.45, 2.75) is 19.9 Å². The molecule has 2 aromatic heterocycles. The van der Waals surface area contributed by atoms with Gasteiger partial charge >= 0.3 is 0 Å². The molecule has 4 aromatic rings. The summed E-state index contributed by atoms with van der Waals surface area (Å²) in [6, 6.07) is 20.1. The van der Waals surface area contributed by atoms with Crippen LogP contribution in [0, 0.1) is 11.3 Å². The molecule has 0 amide bonds. The van der Waals surface area contributed by atoms with Crippen molar-refractivity contribution >= 4 is 11.5 Å². The summed E-state index contributed by atoms with van der Waals surface area (Å²) in [5.74, 6) is 1.53. The number of anilines is 1. The first-order valence-electron chi connectivity index (χ1n) is 9.47. The van der Waals surface area contributed by atoms with Crippen molar-refractivity contribution in [3.63, 3.8) is 0 Å². The summed E-state index contributed by atoms with van der Waals surface area (Å²) in [5.41, 5.74) is 5.46. The third kappa shape index (κ3) is 3.63. The molecule has 0 aliphatic rings. The van der Waals surface area contributed by atoms with Crippen molar-refractivity contribution in [1.29, 1.82) is 5.26 Å².